The second kappa shape index (κ2) is 10.8. The van der Waals surface area contributed by atoms with Gasteiger partial charge in [-0.05, 0) is 56.3 Å². The predicted molar refractivity (Wildman–Crippen MR) is 124 cm³/mol. The molecule has 0 unspecified atom stereocenters. The highest BCUT2D eigenvalue weighted by molar-refractivity contribution is 5.95. The molecule has 6 nitrogen and oxygen atoms in total. The molecule has 1 amide bonds. The van der Waals surface area contributed by atoms with Crippen LogP contribution in [-0.4, -0.2) is 47.0 Å². The molecule has 1 fully saturated rings. The number of nitrogens with zero attached hydrogens (tertiary/aromatic N) is 3. The summed E-state index contributed by atoms with van der Waals surface area (Å²) >= 11 is 0. The highest BCUT2D eigenvalue weighted by Crippen LogP contribution is 2.22. The number of anilines is 2. The van der Waals surface area contributed by atoms with Crippen LogP contribution in [0.5, 0.6) is 0 Å². The normalized spacial score (nSPS) is 14.5. The SMILES string of the molecule is O=C(NCCN1CCCCCC1)c1cccc(Nc2cc(-c3cccc(F)c3)ncn2)c1. The molecule has 166 valence electrons. The van der Waals surface area contributed by atoms with E-state index >= 15 is 0 Å². The Morgan fingerprint density at radius 2 is 1.78 bits per heavy atom. The zero-order chi connectivity index (χ0) is 22.2. The quantitative estimate of drug-likeness (QED) is 0.568. The summed E-state index contributed by atoms with van der Waals surface area (Å²) in [5.41, 5.74) is 2.62. The number of halogens is 1. The lowest BCUT2D eigenvalue weighted by Gasteiger charge is -2.19. The van der Waals surface area contributed by atoms with Crippen LogP contribution in [0.25, 0.3) is 11.3 Å². The van der Waals surface area contributed by atoms with Crippen LogP contribution in [0.4, 0.5) is 15.9 Å². The first-order valence-electron chi connectivity index (χ1n) is 11.1. The molecular weight excluding hydrogens is 405 g/mol. The van der Waals surface area contributed by atoms with Gasteiger partial charge in [0, 0.05) is 36.0 Å². The van der Waals surface area contributed by atoms with Gasteiger partial charge in [-0.1, -0.05) is 31.0 Å². The number of nitrogens with one attached hydrogen (secondary N) is 2. The van der Waals surface area contributed by atoms with Crippen LogP contribution in [0.3, 0.4) is 0 Å². The van der Waals surface area contributed by atoms with E-state index in [9.17, 15) is 9.18 Å². The Kier molecular flexibility index (Phi) is 7.40. The summed E-state index contributed by atoms with van der Waals surface area (Å²) in [4.78, 5) is 23.5. The van der Waals surface area contributed by atoms with E-state index in [0.717, 1.165) is 25.3 Å². The number of carbonyl (C=O) groups is 1. The van der Waals surface area contributed by atoms with Crippen molar-refractivity contribution in [3.8, 4) is 11.3 Å². The van der Waals surface area contributed by atoms with Crippen molar-refractivity contribution in [3.63, 3.8) is 0 Å². The number of likely N-dealkylation sites (tertiary alicyclic amines) is 1. The maximum absolute atomic E-state index is 13.5. The average Bonchev–Trinajstić information content (AvgIpc) is 3.08. The molecule has 7 heteroatoms. The highest BCUT2D eigenvalue weighted by Gasteiger charge is 2.11. The monoisotopic (exact) mass is 433 g/mol. The Bertz CT molecular complexity index is 1050. The van der Waals surface area contributed by atoms with Crippen molar-refractivity contribution in [2.24, 2.45) is 0 Å². The maximum atomic E-state index is 13.5. The molecule has 0 radical (unpaired) electrons. The van der Waals surface area contributed by atoms with Gasteiger partial charge < -0.3 is 15.5 Å². The fourth-order valence-electron chi connectivity index (χ4n) is 3.91. The Labute approximate surface area is 187 Å². The van der Waals surface area contributed by atoms with Crippen molar-refractivity contribution in [1.82, 2.24) is 20.2 Å². The van der Waals surface area contributed by atoms with E-state index in [4.69, 9.17) is 0 Å². The first-order chi connectivity index (χ1) is 15.7. The molecule has 1 aliphatic rings. The van der Waals surface area contributed by atoms with E-state index in [1.165, 1.54) is 44.1 Å². The van der Waals surface area contributed by atoms with Crippen LogP contribution in [0.15, 0.2) is 60.9 Å². The second-order valence-electron chi connectivity index (χ2n) is 8.02. The lowest BCUT2D eigenvalue weighted by atomic mass is 10.1. The molecule has 2 N–H and O–H groups in total. The molecule has 0 atom stereocenters. The lowest BCUT2D eigenvalue weighted by Crippen LogP contribution is -2.35. The number of amides is 1. The molecule has 1 aromatic heterocycles. The number of carbonyl (C=O) groups excluding carboxylic acids is 1. The Morgan fingerprint density at radius 1 is 0.969 bits per heavy atom. The summed E-state index contributed by atoms with van der Waals surface area (Å²) in [6, 6.07) is 15.3. The lowest BCUT2D eigenvalue weighted by molar-refractivity contribution is 0.0948. The van der Waals surface area contributed by atoms with Crippen LogP contribution in [0.1, 0.15) is 36.0 Å². The molecule has 2 aromatic carbocycles. The van der Waals surface area contributed by atoms with Gasteiger partial charge in [0.05, 0.1) is 5.69 Å². The first-order valence-corrected chi connectivity index (χ1v) is 11.1. The van der Waals surface area contributed by atoms with Crippen molar-refractivity contribution in [2.45, 2.75) is 25.7 Å². The van der Waals surface area contributed by atoms with Crippen LogP contribution in [0.2, 0.25) is 0 Å². The van der Waals surface area contributed by atoms with Gasteiger partial charge in [0.15, 0.2) is 0 Å². The van der Waals surface area contributed by atoms with E-state index < -0.39 is 0 Å². The predicted octanol–water partition coefficient (Wildman–Crippen LogP) is 4.63. The average molecular weight is 434 g/mol. The number of aromatic nitrogens is 2. The number of rotatable bonds is 7. The van der Waals surface area contributed by atoms with Gasteiger partial charge in [-0.15, -0.1) is 0 Å². The minimum atomic E-state index is -0.315. The van der Waals surface area contributed by atoms with Crippen LogP contribution >= 0.6 is 0 Å². The fraction of sp³-hybridized carbons (Fsp3) is 0.320. The fourth-order valence-corrected chi connectivity index (χ4v) is 3.91. The largest absolute Gasteiger partial charge is 0.351 e. The summed E-state index contributed by atoms with van der Waals surface area (Å²) in [6.45, 7) is 3.75. The third kappa shape index (κ3) is 6.11. The molecule has 32 heavy (non-hydrogen) atoms. The molecule has 0 spiro atoms. The van der Waals surface area contributed by atoms with Gasteiger partial charge in [0.2, 0.25) is 0 Å². The maximum Gasteiger partial charge on any atom is 0.251 e. The third-order valence-corrected chi connectivity index (χ3v) is 5.60. The minimum absolute atomic E-state index is 0.0911. The number of hydrogen-bond acceptors (Lipinski definition) is 5. The summed E-state index contributed by atoms with van der Waals surface area (Å²) in [5, 5.41) is 6.23. The smallest absolute Gasteiger partial charge is 0.251 e. The van der Waals surface area contributed by atoms with Crippen molar-refractivity contribution >= 4 is 17.4 Å². The zero-order valence-electron chi connectivity index (χ0n) is 18.1. The Hall–Kier alpha value is -3.32. The summed E-state index contributed by atoms with van der Waals surface area (Å²) in [6.07, 6.45) is 6.52. The van der Waals surface area contributed by atoms with E-state index in [-0.39, 0.29) is 11.7 Å². The van der Waals surface area contributed by atoms with Crippen LogP contribution in [-0.2, 0) is 0 Å². The van der Waals surface area contributed by atoms with Gasteiger partial charge in [-0.3, -0.25) is 4.79 Å². The Balaban J connectivity index is 1.36. The summed E-state index contributed by atoms with van der Waals surface area (Å²) < 4.78 is 13.5. The Morgan fingerprint density at radius 3 is 2.59 bits per heavy atom. The molecule has 1 aliphatic heterocycles. The van der Waals surface area contributed by atoms with Gasteiger partial charge >= 0.3 is 0 Å². The molecule has 0 saturated carbocycles. The van der Waals surface area contributed by atoms with Crippen LogP contribution < -0.4 is 10.6 Å². The van der Waals surface area contributed by atoms with Gasteiger partial charge in [-0.2, -0.15) is 0 Å². The van der Waals surface area contributed by atoms with E-state index in [2.05, 4.69) is 25.5 Å². The minimum Gasteiger partial charge on any atom is -0.351 e. The van der Waals surface area contributed by atoms with Crippen molar-refractivity contribution in [3.05, 3.63) is 72.3 Å². The van der Waals surface area contributed by atoms with E-state index in [1.807, 2.05) is 12.1 Å². The topological polar surface area (TPSA) is 70.2 Å². The van der Waals surface area contributed by atoms with Crippen molar-refractivity contribution < 1.29 is 9.18 Å². The number of benzene rings is 2. The van der Waals surface area contributed by atoms with E-state index in [1.54, 1.807) is 30.3 Å². The molecule has 3 aromatic rings. The van der Waals surface area contributed by atoms with Gasteiger partial charge in [-0.25, -0.2) is 14.4 Å². The summed E-state index contributed by atoms with van der Waals surface area (Å²) in [5.74, 6) is 0.162. The van der Waals surface area contributed by atoms with Crippen LogP contribution in [0, 0.1) is 5.82 Å². The second-order valence-corrected chi connectivity index (χ2v) is 8.02. The standard InChI is InChI=1S/C25H28FN5O/c26-21-9-5-7-19(15-21)23-17-24(29-18-28-23)30-22-10-6-8-20(16-22)25(32)27-11-14-31-12-3-1-2-4-13-31/h5-10,15-18H,1-4,11-14H2,(H,27,32)(H,28,29,30). The molecule has 1 saturated heterocycles. The molecule has 0 aliphatic carbocycles. The zero-order valence-corrected chi connectivity index (χ0v) is 18.1. The highest BCUT2D eigenvalue weighted by atomic mass is 19.1. The molecule has 2 heterocycles. The molecule has 0 bridgehead atoms. The van der Waals surface area contributed by atoms with Crippen molar-refractivity contribution in [1.29, 1.82) is 0 Å². The third-order valence-electron chi connectivity index (χ3n) is 5.60. The van der Waals surface area contributed by atoms with Gasteiger partial charge in [0.1, 0.15) is 18.0 Å². The first kappa shape index (κ1) is 21.9. The van der Waals surface area contributed by atoms with Crippen molar-refractivity contribution in [2.75, 3.05) is 31.5 Å². The molecular formula is C25H28FN5O. The molecule has 4 rings (SSSR count). The number of hydrogen-bond donors (Lipinski definition) is 2. The van der Waals surface area contributed by atoms with Gasteiger partial charge in [0.25, 0.3) is 5.91 Å². The van der Waals surface area contributed by atoms with E-state index in [0.29, 0.717) is 29.2 Å². The summed E-state index contributed by atoms with van der Waals surface area (Å²) in [7, 11) is 0.